The minimum absolute atomic E-state index is 0.316. The van der Waals surface area contributed by atoms with Gasteiger partial charge in [-0.05, 0) is 52.4 Å². The summed E-state index contributed by atoms with van der Waals surface area (Å²) < 4.78 is 5.29. The molecule has 21 heavy (non-hydrogen) atoms. The molecule has 1 saturated carbocycles. The SMILES string of the molecule is CCCC(CNC(=O)OC(C)(C)C)NC1CCC(CC)C1. The van der Waals surface area contributed by atoms with Gasteiger partial charge in [-0.3, -0.25) is 0 Å². The first-order valence-electron chi connectivity index (χ1n) is 8.57. The smallest absolute Gasteiger partial charge is 0.407 e. The van der Waals surface area contributed by atoms with Gasteiger partial charge in [-0.15, -0.1) is 0 Å². The van der Waals surface area contributed by atoms with Crippen molar-refractivity contribution in [3.63, 3.8) is 0 Å². The van der Waals surface area contributed by atoms with Gasteiger partial charge in [0.2, 0.25) is 0 Å². The molecule has 1 rings (SSSR count). The number of alkyl carbamates (subject to hydrolysis) is 1. The normalized spacial score (nSPS) is 23.9. The summed E-state index contributed by atoms with van der Waals surface area (Å²) in [5, 5.41) is 6.63. The largest absolute Gasteiger partial charge is 0.444 e. The number of amides is 1. The zero-order valence-corrected chi connectivity index (χ0v) is 14.5. The second-order valence-corrected chi connectivity index (χ2v) is 7.32. The second-order valence-electron chi connectivity index (χ2n) is 7.32. The van der Waals surface area contributed by atoms with Gasteiger partial charge in [0, 0.05) is 18.6 Å². The molecule has 0 aromatic rings. The highest BCUT2D eigenvalue weighted by Gasteiger charge is 2.25. The van der Waals surface area contributed by atoms with E-state index in [1.54, 1.807) is 0 Å². The summed E-state index contributed by atoms with van der Waals surface area (Å²) in [7, 11) is 0. The van der Waals surface area contributed by atoms with E-state index in [4.69, 9.17) is 4.74 Å². The molecule has 1 aliphatic carbocycles. The first kappa shape index (κ1) is 18.3. The van der Waals surface area contributed by atoms with Crippen LogP contribution < -0.4 is 10.6 Å². The molecule has 3 unspecified atom stereocenters. The monoisotopic (exact) mass is 298 g/mol. The molecule has 1 amide bonds. The fourth-order valence-electron chi connectivity index (χ4n) is 3.04. The van der Waals surface area contributed by atoms with E-state index >= 15 is 0 Å². The Labute approximate surface area is 130 Å². The van der Waals surface area contributed by atoms with Crippen LogP contribution in [0.25, 0.3) is 0 Å². The third kappa shape index (κ3) is 7.70. The van der Waals surface area contributed by atoms with Crippen LogP contribution in [0.15, 0.2) is 0 Å². The molecule has 2 N–H and O–H groups in total. The van der Waals surface area contributed by atoms with Crippen LogP contribution in [0.1, 0.15) is 73.1 Å². The van der Waals surface area contributed by atoms with Crippen LogP contribution in [0.3, 0.4) is 0 Å². The molecule has 0 aliphatic heterocycles. The summed E-state index contributed by atoms with van der Waals surface area (Å²) >= 11 is 0. The van der Waals surface area contributed by atoms with Crippen molar-refractivity contribution < 1.29 is 9.53 Å². The lowest BCUT2D eigenvalue weighted by atomic mass is 10.0. The molecule has 0 saturated heterocycles. The summed E-state index contributed by atoms with van der Waals surface area (Å²) in [4.78, 5) is 11.7. The van der Waals surface area contributed by atoms with Crippen LogP contribution in [0.4, 0.5) is 4.79 Å². The molecular weight excluding hydrogens is 264 g/mol. The van der Waals surface area contributed by atoms with Crippen molar-refractivity contribution in [2.45, 2.75) is 90.8 Å². The van der Waals surface area contributed by atoms with Gasteiger partial charge in [0.25, 0.3) is 0 Å². The number of ether oxygens (including phenoxy) is 1. The van der Waals surface area contributed by atoms with Gasteiger partial charge in [-0.2, -0.15) is 0 Å². The molecule has 0 aromatic carbocycles. The Hall–Kier alpha value is -0.770. The predicted octanol–water partition coefficient (Wildman–Crippen LogP) is 3.85. The lowest BCUT2D eigenvalue weighted by Gasteiger charge is -2.25. The van der Waals surface area contributed by atoms with E-state index in [0.717, 1.165) is 18.8 Å². The zero-order chi connectivity index (χ0) is 15.9. The Kier molecular flexibility index (Phi) is 7.50. The van der Waals surface area contributed by atoms with E-state index in [1.807, 2.05) is 20.8 Å². The summed E-state index contributed by atoms with van der Waals surface area (Å²) in [6.45, 7) is 10.8. The number of hydrogen-bond acceptors (Lipinski definition) is 3. The minimum atomic E-state index is -0.433. The topological polar surface area (TPSA) is 50.4 Å². The van der Waals surface area contributed by atoms with Crippen molar-refractivity contribution >= 4 is 6.09 Å². The molecule has 4 nitrogen and oxygen atoms in total. The molecule has 4 heteroatoms. The number of hydrogen-bond donors (Lipinski definition) is 2. The van der Waals surface area contributed by atoms with Crippen LogP contribution in [-0.2, 0) is 4.74 Å². The standard InChI is InChI=1S/C17H34N2O2/c1-6-8-15(12-18-16(20)21-17(3,4)5)19-14-10-9-13(7-2)11-14/h13-15,19H,6-12H2,1-5H3,(H,18,20). The average Bonchev–Trinajstić information content (AvgIpc) is 2.82. The third-order valence-electron chi connectivity index (χ3n) is 4.12. The maximum Gasteiger partial charge on any atom is 0.407 e. The Morgan fingerprint density at radius 2 is 2.00 bits per heavy atom. The van der Waals surface area contributed by atoms with Crippen molar-refractivity contribution in [3.8, 4) is 0 Å². The average molecular weight is 298 g/mol. The van der Waals surface area contributed by atoms with Gasteiger partial charge in [0.15, 0.2) is 0 Å². The highest BCUT2D eigenvalue weighted by atomic mass is 16.6. The van der Waals surface area contributed by atoms with Crippen molar-refractivity contribution in [3.05, 3.63) is 0 Å². The van der Waals surface area contributed by atoms with Gasteiger partial charge in [-0.25, -0.2) is 4.79 Å². The van der Waals surface area contributed by atoms with Crippen molar-refractivity contribution in [2.75, 3.05) is 6.54 Å². The molecular formula is C17H34N2O2. The maximum absolute atomic E-state index is 11.7. The zero-order valence-electron chi connectivity index (χ0n) is 14.5. The Bertz CT molecular complexity index is 312. The van der Waals surface area contributed by atoms with E-state index in [1.165, 1.54) is 25.7 Å². The van der Waals surface area contributed by atoms with Gasteiger partial charge in [0.1, 0.15) is 5.60 Å². The van der Waals surface area contributed by atoms with E-state index in [9.17, 15) is 4.79 Å². The van der Waals surface area contributed by atoms with Crippen molar-refractivity contribution in [1.82, 2.24) is 10.6 Å². The first-order valence-corrected chi connectivity index (χ1v) is 8.57. The number of carbonyl (C=O) groups excluding carboxylic acids is 1. The summed E-state index contributed by atoms with van der Waals surface area (Å²) in [6.07, 6.45) is 7.07. The van der Waals surface area contributed by atoms with Crippen LogP contribution >= 0.6 is 0 Å². The Morgan fingerprint density at radius 1 is 1.29 bits per heavy atom. The van der Waals surface area contributed by atoms with E-state index in [2.05, 4.69) is 24.5 Å². The fourth-order valence-corrected chi connectivity index (χ4v) is 3.04. The number of nitrogens with one attached hydrogen (secondary N) is 2. The molecule has 0 spiro atoms. The van der Waals surface area contributed by atoms with E-state index in [0.29, 0.717) is 18.6 Å². The first-order chi connectivity index (χ1) is 9.84. The summed E-state index contributed by atoms with van der Waals surface area (Å²) in [5.74, 6) is 0.878. The molecule has 1 aliphatic rings. The van der Waals surface area contributed by atoms with Gasteiger partial charge in [-0.1, -0.05) is 26.7 Å². The lowest BCUT2D eigenvalue weighted by Crippen LogP contribution is -2.45. The van der Waals surface area contributed by atoms with Gasteiger partial charge < -0.3 is 15.4 Å². The van der Waals surface area contributed by atoms with Crippen LogP contribution in [-0.4, -0.2) is 30.3 Å². The molecule has 0 aromatic heterocycles. The van der Waals surface area contributed by atoms with Crippen LogP contribution in [0.2, 0.25) is 0 Å². The number of rotatable bonds is 7. The van der Waals surface area contributed by atoms with Crippen molar-refractivity contribution in [1.29, 1.82) is 0 Å². The third-order valence-corrected chi connectivity index (χ3v) is 4.12. The van der Waals surface area contributed by atoms with E-state index < -0.39 is 5.60 Å². The Balaban J connectivity index is 2.34. The van der Waals surface area contributed by atoms with E-state index in [-0.39, 0.29) is 6.09 Å². The van der Waals surface area contributed by atoms with Crippen LogP contribution in [0.5, 0.6) is 0 Å². The highest BCUT2D eigenvalue weighted by Crippen LogP contribution is 2.28. The molecule has 0 radical (unpaired) electrons. The van der Waals surface area contributed by atoms with Crippen molar-refractivity contribution in [2.24, 2.45) is 5.92 Å². The lowest BCUT2D eigenvalue weighted by molar-refractivity contribution is 0.0521. The molecule has 0 bridgehead atoms. The maximum atomic E-state index is 11.7. The molecule has 124 valence electrons. The molecule has 1 fully saturated rings. The predicted molar refractivity (Wildman–Crippen MR) is 87.5 cm³/mol. The molecule has 3 atom stereocenters. The summed E-state index contributed by atoms with van der Waals surface area (Å²) in [5.41, 5.74) is -0.433. The van der Waals surface area contributed by atoms with Gasteiger partial charge in [0.05, 0.1) is 0 Å². The number of carbonyl (C=O) groups is 1. The summed E-state index contributed by atoms with van der Waals surface area (Å²) in [6, 6.07) is 0.968. The minimum Gasteiger partial charge on any atom is -0.444 e. The molecule has 0 heterocycles. The highest BCUT2D eigenvalue weighted by molar-refractivity contribution is 5.67. The van der Waals surface area contributed by atoms with Crippen LogP contribution in [0, 0.1) is 5.92 Å². The fraction of sp³-hybridized carbons (Fsp3) is 0.941. The quantitative estimate of drug-likeness (QED) is 0.750. The van der Waals surface area contributed by atoms with Gasteiger partial charge >= 0.3 is 6.09 Å². The Morgan fingerprint density at radius 3 is 2.52 bits per heavy atom. The second kappa shape index (κ2) is 8.62.